The van der Waals surface area contributed by atoms with Gasteiger partial charge < -0.3 is 19.3 Å². The number of carbonyl (C=O) groups is 1. The van der Waals surface area contributed by atoms with Crippen molar-refractivity contribution in [3.05, 3.63) is 81.9 Å². The summed E-state index contributed by atoms with van der Waals surface area (Å²) in [5.41, 5.74) is 1.65. The maximum atomic E-state index is 13.7. The number of ether oxygens (including phenoxy) is 3. The summed E-state index contributed by atoms with van der Waals surface area (Å²) in [6, 6.07) is 7.72. The Morgan fingerprint density at radius 3 is 2.61 bits per heavy atom. The molecule has 1 aliphatic heterocycles. The number of hydrogen-bond donors (Lipinski definition) is 1. The lowest BCUT2D eigenvalue weighted by Crippen LogP contribution is -2.39. The van der Waals surface area contributed by atoms with Crippen LogP contribution in [0.3, 0.4) is 0 Å². The predicted octanol–water partition coefficient (Wildman–Crippen LogP) is 3.94. The summed E-state index contributed by atoms with van der Waals surface area (Å²) in [6.07, 6.45) is 1.64. The molecule has 2 heterocycles. The number of allylic oxidation sites excluding steroid dienone is 1. The average molecular weight is 594 g/mol. The maximum absolute atomic E-state index is 13.7. The average Bonchev–Trinajstić information content (AvgIpc) is 3.14. The monoisotopic (exact) mass is 592 g/mol. The molecule has 0 fully saturated rings. The Kier molecular flexibility index (Phi) is 7.58. The van der Waals surface area contributed by atoms with E-state index in [9.17, 15) is 14.7 Å². The Labute approximate surface area is 223 Å². The largest absolute Gasteiger partial charge is 0.503 e. The molecule has 1 N–H and O–H groups in total. The highest BCUT2D eigenvalue weighted by Gasteiger charge is 2.33. The van der Waals surface area contributed by atoms with Crippen LogP contribution >= 0.6 is 38.9 Å². The predicted molar refractivity (Wildman–Crippen MR) is 141 cm³/mol. The minimum Gasteiger partial charge on any atom is -0.503 e. The van der Waals surface area contributed by atoms with E-state index in [1.807, 2.05) is 6.07 Å². The first-order valence-electron chi connectivity index (χ1n) is 10.8. The zero-order valence-electron chi connectivity index (χ0n) is 19.8. The lowest BCUT2D eigenvalue weighted by atomic mass is 9.96. The quantitative estimate of drug-likeness (QED) is 0.435. The molecule has 1 atom stereocenters. The van der Waals surface area contributed by atoms with E-state index in [4.69, 9.17) is 25.8 Å². The van der Waals surface area contributed by atoms with Crippen molar-refractivity contribution >= 4 is 50.9 Å². The summed E-state index contributed by atoms with van der Waals surface area (Å²) >= 11 is 10.8. The summed E-state index contributed by atoms with van der Waals surface area (Å²) in [5.74, 6) is 0.0724. The molecule has 0 aliphatic carbocycles. The van der Waals surface area contributed by atoms with E-state index in [-0.39, 0.29) is 34.3 Å². The molecule has 0 amide bonds. The van der Waals surface area contributed by atoms with Gasteiger partial charge in [-0.25, -0.2) is 9.79 Å². The van der Waals surface area contributed by atoms with E-state index < -0.39 is 12.0 Å². The van der Waals surface area contributed by atoms with E-state index in [1.165, 1.54) is 29.1 Å². The van der Waals surface area contributed by atoms with Gasteiger partial charge in [0.1, 0.15) is 5.75 Å². The number of aromatic hydroxyl groups is 1. The van der Waals surface area contributed by atoms with Gasteiger partial charge in [0, 0.05) is 0 Å². The minimum absolute atomic E-state index is 0.0924. The van der Waals surface area contributed by atoms with E-state index >= 15 is 0 Å². The van der Waals surface area contributed by atoms with Crippen molar-refractivity contribution in [2.45, 2.75) is 19.9 Å². The van der Waals surface area contributed by atoms with Gasteiger partial charge in [0.25, 0.3) is 5.56 Å². The molecule has 11 heteroatoms. The number of phenolic OH excluding ortho intramolecular Hbond substituents is 1. The van der Waals surface area contributed by atoms with Gasteiger partial charge in [-0.05, 0) is 71.2 Å². The summed E-state index contributed by atoms with van der Waals surface area (Å²) in [4.78, 5) is 31.7. The number of phenols is 1. The summed E-state index contributed by atoms with van der Waals surface area (Å²) in [5, 5.41) is 10.1. The Bertz CT molecular complexity index is 1580. The molecular weight excluding hydrogens is 572 g/mol. The van der Waals surface area contributed by atoms with Crippen molar-refractivity contribution in [1.82, 2.24) is 4.57 Å². The molecule has 188 valence electrons. The second-order valence-electron chi connectivity index (χ2n) is 7.75. The molecule has 0 radical (unpaired) electrons. The van der Waals surface area contributed by atoms with E-state index in [1.54, 1.807) is 45.2 Å². The molecule has 8 nitrogen and oxygen atoms in total. The fourth-order valence-corrected chi connectivity index (χ4v) is 5.77. The van der Waals surface area contributed by atoms with Crippen LogP contribution in [0.4, 0.5) is 0 Å². The molecule has 1 aliphatic rings. The van der Waals surface area contributed by atoms with Crippen molar-refractivity contribution < 1.29 is 24.1 Å². The van der Waals surface area contributed by atoms with Gasteiger partial charge in [0.05, 0.1) is 52.2 Å². The van der Waals surface area contributed by atoms with Gasteiger partial charge in [-0.2, -0.15) is 0 Å². The first kappa shape index (κ1) is 26.0. The Hall–Kier alpha value is -3.08. The summed E-state index contributed by atoms with van der Waals surface area (Å²) < 4.78 is 18.4. The van der Waals surface area contributed by atoms with Crippen LogP contribution in [0.2, 0.25) is 5.02 Å². The highest BCUT2D eigenvalue weighted by Crippen LogP contribution is 2.36. The fourth-order valence-electron chi connectivity index (χ4n) is 3.94. The lowest BCUT2D eigenvalue weighted by molar-refractivity contribution is -0.139. The normalized spacial score (nSPS) is 15.4. The zero-order valence-corrected chi connectivity index (χ0v) is 23.0. The van der Waals surface area contributed by atoms with Crippen LogP contribution in [-0.2, 0) is 9.53 Å². The first-order valence-corrected chi connectivity index (χ1v) is 12.8. The Balaban J connectivity index is 1.96. The van der Waals surface area contributed by atoms with Crippen LogP contribution in [-0.4, -0.2) is 36.5 Å². The number of rotatable bonds is 6. The molecule has 0 saturated carbocycles. The number of carbonyl (C=O) groups excluding carboxylic acids is 1. The van der Waals surface area contributed by atoms with Gasteiger partial charge in [-0.3, -0.25) is 9.36 Å². The van der Waals surface area contributed by atoms with Crippen molar-refractivity contribution in [2.75, 3.05) is 20.8 Å². The second kappa shape index (κ2) is 10.5. The second-order valence-corrected chi connectivity index (χ2v) is 10.0. The van der Waals surface area contributed by atoms with Crippen LogP contribution in [0.5, 0.6) is 17.2 Å². The zero-order chi connectivity index (χ0) is 26.1. The smallest absolute Gasteiger partial charge is 0.338 e. The van der Waals surface area contributed by atoms with Crippen LogP contribution in [0.15, 0.2) is 55.9 Å². The lowest BCUT2D eigenvalue weighted by Gasteiger charge is -2.25. The molecule has 0 spiro atoms. The maximum Gasteiger partial charge on any atom is 0.338 e. The third-order valence-electron chi connectivity index (χ3n) is 5.58. The van der Waals surface area contributed by atoms with Crippen molar-refractivity contribution in [1.29, 1.82) is 0 Å². The molecule has 2 aromatic carbocycles. The van der Waals surface area contributed by atoms with Gasteiger partial charge in [0.2, 0.25) is 0 Å². The fraction of sp³-hybridized carbons (Fsp3) is 0.240. The number of halogens is 2. The minimum atomic E-state index is -0.761. The van der Waals surface area contributed by atoms with Crippen LogP contribution in [0.25, 0.3) is 6.08 Å². The van der Waals surface area contributed by atoms with E-state index in [2.05, 4.69) is 20.9 Å². The molecule has 4 rings (SSSR count). The van der Waals surface area contributed by atoms with Crippen molar-refractivity contribution in [3.8, 4) is 17.2 Å². The molecular formula is C25H22BrClN2O6S. The Morgan fingerprint density at radius 2 is 1.97 bits per heavy atom. The molecule has 0 unspecified atom stereocenters. The number of benzene rings is 2. The number of nitrogens with zero attached hydrogens (tertiary/aromatic N) is 2. The van der Waals surface area contributed by atoms with E-state index in [0.29, 0.717) is 36.4 Å². The van der Waals surface area contributed by atoms with Crippen LogP contribution in [0.1, 0.15) is 31.0 Å². The number of aromatic nitrogens is 1. The number of esters is 1. The molecule has 0 saturated heterocycles. The van der Waals surface area contributed by atoms with Crippen molar-refractivity contribution in [2.24, 2.45) is 4.99 Å². The Morgan fingerprint density at radius 1 is 1.25 bits per heavy atom. The molecule has 36 heavy (non-hydrogen) atoms. The van der Waals surface area contributed by atoms with Crippen molar-refractivity contribution in [3.63, 3.8) is 0 Å². The third kappa shape index (κ3) is 4.68. The van der Waals surface area contributed by atoms with Gasteiger partial charge in [-0.1, -0.05) is 29.0 Å². The van der Waals surface area contributed by atoms with Gasteiger partial charge >= 0.3 is 5.97 Å². The van der Waals surface area contributed by atoms with Crippen LogP contribution < -0.4 is 24.4 Å². The SMILES string of the molecule is CCOC(=O)C1=C(C)N=c2s/c(=C\c3cc(Cl)c(O)c(OC)c3)c(=O)n2[C@@H]1c1ccc(OC)c(Br)c1. The number of methoxy groups -OCH3 is 2. The number of fused-ring (bicyclic) bond motifs is 1. The molecule has 3 aromatic rings. The van der Waals surface area contributed by atoms with Gasteiger partial charge in [-0.15, -0.1) is 0 Å². The standard InChI is InChI=1S/C25H22BrClN2O6S/c1-5-35-24(32)20-12(2)28-25-29(21(20)14-6-7-17(33-3)15(26)11-14)23(31)19(36-25)10-13-8-16(27)22(30)18(9-13)34-4/h6-11,21,30H,5H2,1-4H3/b19-10-/t21-/m1/s1. The number of thiazole rings is 1. The molecule has 1 aromatic heterocycles. The van der Waals surface area contributed by atoms with Crippen LogP contribution in [0, 0.1) is 0 Å². The van der Waals surface area contributed by atoms with E-state index in [0.717, 1.165) is 0 Å². The topological polar surface area (TPSA) is 99.4 Å². The highest BCUT2D eigenvalue weighted by molar-refractivity contribution is 9.10. The summed E-state index contributed by atoms with van der Waals surface area (Å²) in [6.45, 7) is 3.63. The molecule has 0 bridgehead atoms. The highest BCUT2D eigenvalue weighted by atomic mass is 79.9. The van der Waals surface area contributed by atoms with Gasteiger partial charge in [0.15, 0.2) is 16.3 Å². The first-order chi connectivity index (χ1) is 17.2. The number of hydrogen-bond acceptors (Lipinski definition) is 8. The summed E-state index contributed by atoms with van der Waals surface area (Å²) in [7, 11) is 2.97. The third-order valence-corrected chi connectivity index (χ3v) is 7.47.